The number of nitrogens with two attached hydrogens (primary N) is 1. The zero-order chi connectivity index (χ0) is 17.6. The Kier molecular flexibility index (Phi) is 4.09. The van der Waals surface area contributed by atoms with Gasteiger partial charge in [-0.1, -0.05) is 30.3 Å². The quantitative estimate of drug-likeness (QED) is 0.783. The fraction of sp³-hybridized carbons (Fsp3) is 0.368. The number of hydrogen-bond acceptors (Lipinski definition) is 4. The fourth-order valence-electron chi connectivity index (χ4n) is 3.37. The number of thiophene rings is 1. The lowest BCUT2D eigenvalue weighted by Gasteiger charge is -2.39. The standard InChI is InChI=1S/C19H22N4OS/c1-12-16-10-17(18(24)22(2)15-8-14(20)9-15)25-19(16)23(21-12)11-13-6-4-3-5-7-13/h3-7,10,14-15H,8-9,11,20H2,1-2H3. The van der Waals surface area contributed by atoms with Crippen LogP contribution in [0.4, 0.5) is 0 Å². The van der Waals surface area contributed by atoms with Crippen molar-refractivity contribution in [2.75, 3.05) is 7.05 Å². The molecule has 0 unspecified atom stereocenters. The van der Waals surface area contributed by atoms with E-state index >= 15 is 0 Å². The summed E-state index contributed by atoms with van der Waals surface area (Å²) in [7, 11) is 1.88. The molecule has 0 aliphatic heterocycles. The SMILES string of the molecule is Cc1nn(Cc2ccccc2)c2sc(C(=O)N(C)C3CC(N)C3)cc12. The number of carbonyl (C=O) groups excluding carboxylic acids is 1. The van der Waals surface area contributed by atoms with Crippen LogP contribution < -0.4 is 5.73 Å². The number of aryl methyl sites for hydroxylation is 1. The van der Waals surface area contributed by atoms with E-state index in [1.807, 2.05) is 47.8 Å². The van der Waals surface area contributed by atoms with Crippen molar-refractivity contribution in [3.05, 3.63) is 52.5 Å². The first kappa shape index (κ1) is 16.3. The number of carbonyl (C=O) groups is 1. The van der Waals surface area contributed by atoms with Crippen molar-refractivity contribution in [1.29, 1.82) is 0 Å². The highest BCUT2D eigenvalue weighted by Crippen LogP contribution is 2.31. The van der Waals surface area contributed by atoms with E-state index in [1.54, 1.807) is 0 Å². The largest absolute Gasteiger partial charge is 0.338 e. The van der Waals surface area contributed by atoms with E-state index in [4.69, 9.17) is 5.73 Å². The molecule has 1 fully saturated rings. The van der Waals surface area contributed by atoms with E-state index in [2.05, 4.69) is 17.2 Å². The van der Waals surface area contributed by atoms with Crippen molar-refractivity contribution in [1.82, 2.24) is 14.7 Å². The second-order valence-electron chi connectivity index (χ2n) is 6.86. The molecule has 2 aromatic heterocycles. The molecule has 0 radical (unpaired) electrons. The molecular formula is C19H22N4OS. The minimum Gasteiger partial charge on any atom is -0.338 e. The van der Waals surface area contributed by atoms with E-state index in [9.17, 15) is 4.79 Å². The molecule has 0 saturated heterocycles. The van der Waals surface area contributed by atoms with E-state index in [1.165, 1.54) is 16.9 Å². The second kappa shape index (κ2) is 6.28. The third-order valence-electron chi connectivity index (χ3n) is 5.01. The van der Waals surface area contributed by atoms with Gasteiger partial charge in [0.2, 0.25) is 0 Å². The second-order valence-corrected chi connectivity index (χ2v) is 7.89. The van der Waals surface area contributed by atoms with Gasteiger partial charge in [-0.3, -0.25) is 9.48 Å². The summed E-state index contributed by atoms with van der Waals surface area (Å²) < 4.78 is 2.00. The molecule has 2 heterocycles. The Bertz CT molecular complexity index is 908. The Labute approximate surface area is 151 Å². The summed E-state index contributed by atoms with van der Waals surface area (Å²) in [5, 5.41) is 5.72. The maximum absolute atomic E-state index is 12.8. The van der Waals surface area contributed by atoms with Crippen LogP contribution in [-0.4, -0.2) is 39.7 Å². The minimum atomic E-state index is 0.0868. The predicted molar refractivity (Wildman–Crippen MR) is 101 cm³/mol. The zero-order valence-electron chi connectivity index (χ0n) is 14.5. The summed E-state index contributed by atoms with van der Waals surface area (Å²) >= 11 is 1.53. The van der Waals surface area contributed by atoms with Crippen molar-refractivity contribution in [3.8, 4) is 0 Å². The smallest absolute Gasteiger partial charge is 0.264 e. The summed E-state index contributed by atoms with van der Waals surface area (Å²) in [5.41, 5.74) is 8.03. The first-order chi connectivity index (χ1) is 12.0. The summed E-state index contributed by atoms with van der Waals surface area (Å²) in [6, 6.07) is 12.8. The number of amides is 1. The van der Waals surface area contributed by atoms with Gasteiger partial charge in [0.15, 0.2) is 0 Å². The zero-order valence-corrected chi connectivity index (χ0v) is 15.3. The molecule has 5 nitrogen and oxygen atoms in total. The molecule has 1 amide bonds. The number of hydrogen-bond donors (Lipinski definition) is 1. The maximum atomic E-state index is 12.8. The Hall–Kier alpha value is -2.18. The highest BCUT2D eigenvalue weighted by atomic mass is 32.1. The molecule has 3 aromatic rings. The topological polar surface area (TPSA) is 64.2 Å². The molecule has 130 valence electrons. The van der Waals surface area contributed by atoms with Gasteiger partial charge in [-0.2, -0.15) is 5.10 Å². The van der Waals surface area contributed by atoms with Gasteiger partial charge in [-0.25, -0.2) is 0 Å². The average molecular weight is 354 g/mol. The molecule has 0 spiro atoms. The van der Waals surface area contributed by atoms with Gasteiger partial charge in [0.05, 0.1) is 17.1 Å². The van der Waals surface area contributed by atoms with Gasteiger partial charge in [0.1, 0.15) is 4.83 Å². The van der Waals surface area contributed by atoms with Crippen LogP contribution in [0.25, 0.3) is 10.2 Å². The van der Waals surface area contributed by atoms with Crippen LogP contribution in [-0.2, 0) is 6.54 Å². The van der Waals surface area contributed by atoms with Crippen LogP contribution in [0.3, 0.4) is 0 Å². The molecule has 25 heavy (non-hydrogen) atoms. The minimum absolute atomic E-state index is 0.0868. The van der Waals surface area contributed by atoms with Gasteiger partial charge in [0.25, 0.3) is 5.91 Å². The Morgan fingerprint density at radius 1 is 1.36 bits per heavy atom. The van der Waals surface area contributed by atoms with Crippen molar-refractivity contribution in [3.63, 3.8) is 0 Å². The molecule has 2 N–H and O–H groups in total. The lowest BCUT2D eigenvalue weighted by molar-refractivity contribution is 0.0630. The van der Waals surface area contributed by atoms with Crippen LogP contribution in [0, 0.1) is 6.92 Å². The Balaban J connectivity index is 1.61. The molecule has 1 saturated carbocycles. The van der Waals surface area contributed by atoms with Crippen molar-refractivity contribution in [2.24, 2.45) is 5.73 Å². The molecular weight excluding hydrogens is 332 g/mol. The van der Waals surface area contributed by atoms with Crippen LogP contribution >= 0.6 is 11.3 Å². The first-order valence-corrected chi connectivity index (χ1v) is 9.38. The Morgan fingerprint density at radius 2 is 2.08 bits per heavy atom. The van der Waals surface area contributed by atoms with Gasteiger partial charge in [-0.15, -0.1) is 11.3 Å². The summed E-state index contributed by atoms with van der Waals surface area (Å²) in [5.74, 6) is 0.0868. The van der Waals surface area contributed by atoms with Gasteiger partial charge in [0, 0.05) is 24.5 Å². The molecule has 4 rings (SSSR count). The monoisotopic (exact) mass is 354 g/mol. The lowest BCUT2D eigenvalue weighted by atomic mass is 9.86. The predicted octanol–water partition coefficient (Wildman–Crippen LogP) is 3.02. The van der Waals surface area contributed by atoms with Crippen LogP contribution in [0.1, 0.15) is 33.8 Å². The molecule has 0 bridgehead atoms. The number of aromatic nitrogens is 2. The van der Waals surface area contributed by atoms with Gasteiger partial charge < -0.3 is 10.6 Å². The highest BCUT2D eigenvalue weighted by Gasteiger charge is 2.33. The molecule has 6 heteroatoms. The Morgan fingerprint density at radius 3 is 2.76 bits per heavy atom. The van der Waals surface area contributed by atoms with E-state index in [-0.39, 0.29) is 18.0 Å². The highest BCUT2D eigenvalue weighted by molar-refractivity contribution is 7.20. The number of benzene rings is 1. The third kappa shape index (κ3) is 2.96. The summed E-state index contributed by atoms with van der Waals surface area (Å²) in [6.45, 7) is 2.71. The van der Waals surface area contributed by atoms with E-state index in [0.29, 0.717) is 6.54 Å². The van der Waals surface area contributed by atoms with Crippen molar-refractivity contribution in [2.45, 2.75) is 38.4 Å². The summed E-state index contributed by atoms with van der Waals surface area (Å²) in [6.07, 6.45) is 1.79. The van der Waals surface area contributed by atoms with Gasteiger partial charge >= 0.3 is 0 Å². The number of rotatable bonds is 4. The molecule has 1 aliphatic carbocycles. The van der Waals surface area contributed by atoms with Crippen LogP contribution in [0.5, 0.6) is 0 Å². The first-order valence-electron chi connectivity index (χ1n) is 8.56. The van der Waals surface area contributed by atoms with Crippen molar-refractivity contribution >= 4 is 27.5 Å². The number of fused-ring (bicyclic) bond motifs is 1. The molecule has 1 aromatic carbocycles. The van der Waals surface area contributed by atoms with Crippen LogP contribution in [0.2, 0.25) is 0 Å². The maximum Gasteiger partial charge on any atom is 0.264 e. The van der Waals surface area contributed by atoms with Crippen molar-refractivity contribution < 1.29 is 4.79 Å². The average Bonchev–Trinajstić information content (AvgIpc) is 3.13. The number of nitrogens with zero attached hydrogens (tertiary/aromatic N) is 3. The van der Waals surface area contributed by atoms with Crippen LogP contribution in [0.15, 0.2) is 36.4 Å². The summed E-state index contributed by atoms with van der Waals surface area (Å²) in [4.78, 5) is 16.5. The van der Waals surface area contributed by atoms with E-state index < -0.39 is 0 Å². The normalized spacial score (nSPS) is 19.8. The third-order valence-corrected chi connectivity index (χ3v) is 6.15. The van der Waals surface area contributed by atoms with E-state index in [0.717, 1.165) is 33.6 Å². The fourth-order valence-corrected chi connectivity index (χ4v) is 4.51. The molecule has 1 aliphatic rings. The lowest BCUT2D eigenvalue weighted by Crippen LogP contribution is -2.51. The van der Waals surface area contributed by atoms with Gasteiger partial charge in [-0.05, 0) is 31.4 Å². The molecule has 0 atom stereocenters.